The third kappa shape index (κ3) is 8.10. The molecule has 0 unspecified atom stereocenters. The van der Waals surface area contributed by atoms with Crippen LogP contribution in [0.3, 0.4) is 0 Å². The molecule has 1 heterocycles. The van der Waals surface area contributed by atoms with Crippen molar-refractivity contribution in [3.8, 4) is 0 Å². The minimum absolute atomic E-state index is 0.123. The van der Waals surface area contributed by atoms with E-state index in [9.17, 15) is 9.59 Å². The molecule has 2 rings (SSSR count). The molecule has 28 heavy (non-hydrogen) atoms. The molecule has 2 atom stereocenters. The Kier molecular flexibility index (Phi) is 9.64. The maximum Gasteiger partial charge on any atom is 0.410 e. The predicted octanol–water partition coefficient (Wildman–Crippen LogP) is 3.61. The average Bonchev–Trinajstić information content (AvgIpc) is 3.13. The molecule has 7 heteroatoms. The van der Waals surface area contributed by atoms with E-state index in [2.05, 4.69) is 19.2 Å². The second-order valence-electron chi connectivity index (χ2n) is 7.67. The Morgan fingerprint density at radius 1 is 1.32 bits per heavy atom. The molecule has 0 aliphatic carbocycles. The molecule has 0 spiro atoms. The van der Waals surface area contributed by atoms with Crippen molar-refractivity contribution in [3.05, 3.63) is 35.9 Å². The Morgan fingerprint density at radius 2 is 2.07 bits per heavy atom. The second-order valence-corrected chi connectivity index (χ2v) is 8.70. The first-order valence-corrected chi connectivity index (χ1v) is 11.1. The molecular weight excluding hydrogens is 376 g/mol. The summed E-state index contributed by atoms with van der Waals surface area (Å²) in [6.45, 7) is 6.06. The van der Waals surface area contributed by atoms with E-state index in [1.807, 2.05) is 35.2 Å². The number of thioether (sulfide) groups is 1. The van der Waals surface area contributed by atoms with Gasteiger partial charge in [0.05, 0.1) is 5.75 Å². The summed E-state index contributed by atoms with van der Waals surface area (Å²) in [4.78, 5) is 25.1. The van der Waals surface area contributed by atoms with E-state index < -0.39 is 5.97 Å². The first-order chi connectivity index (χ1) is 13.5. The molecule has 6 nitrogen and oxygen atoms in total. The first kappa shape index (κ1) is 22.6. The van der Waals surface area contributed by atoms with Crippen molar-refractivity contribution in [2.45, 2.75) is 51.8 Å². The third-order valence-corrected chi connectivity index (χ3v) is 5.85. The van der Waals surface area contributed by atoms with Crippen molar-refractivity contribution in [2.24, 2.45) is 5.92 Å². The zero-order valence-electron chi connectivity index (χ0n) is 16.8. The fourth-order valence-electron chi connectivity index (χ4n) is 3.46. The summed E-state index contributed by atoms with van der Waals surface area (Å²) in [5.74, 6) is 0.627. The second kappa shape index (κ2) is 12.0. The number of ether oxygens (including phenoxy) is 1. The zero-order chi connectivity index (χ0) is 20.4. The lowest BCUT2D eigenvalue weighted by Crippen LogP contribution is -2.45. The van der Waals surface area contributed by atoms with Crippen LogP contribution in [0.4, 0.5) is 4.79 Å². The van der Waals surface area contributed by atoms with Crippen LogP contribution in [0.1, 0.15) is 38.7 Å². The number of carbonyl (C=O) groups is 2. The largest absolute Gasteiger partial charge is 0.481 e. The Hall–Kier alpha value is -1.73. The van der Waals surface area contributed by atoms with Crippen LogP contribution in [-0.4, -0.2) is 58.7 Å². The van der Waals surface area contributed by atoms with Crippen LogP contribution in [0.15, 0.2) is 30.3 Å². The van der Waals surface area contributed by atoms with Gasteiger partial charge in [0.2, 0.25) is 0 Å². The lowest BCUT2D eigenvalue weighted by molar-refractivity contribution is -0.133. The van der Waals surface area contributed by atoms with E-state index in [0.717, 1.165) is 37.1 Å². The Balaban J connectivity index is 1.81. The van der Waals surface area contributed by atoms with Crippen LogP contribution in [0.5, 0.6) is 0 Å². The van der Waals surface area contributed by atoms with E-state index in [0.29, 0.717) is 12.5 Å². The highest BCUT2D eigenvalue weighted by Gasteiger charge is 2.30. The van der Waals surface area contributed by atoms with Crippen molar-refractivity contribution in [1.82, 2.24) is 10.2 Å². The highest BCUT2D eigenvalue weighted by atomic mass is 32.2. The number of nitrogens with one attached hydrogen (secondary N) is 1. The fourth-order valence-corrected chi connectivity index (χ4v) is 4.29. The monoisotopic (exact) mass is 408 g/mol. The van der Waals surface area contributed by atoms with Crippen LogP contribution in [0.25, 0.3) is 0 Å². The molecule has 156 valence electrons. The first-order valence-electron chi connectivity index (χ1n) is 9.96. The van der Waals surface area contributed by atoms with Gasteiger partial charge in [-0.2, -0.15) is 0 Å². The van der Waals surface area contributed by atoms with E-state index in [1.54, 1.807) is 0 Å². The molecule has 0 saturated carbocycles. The molecule has 0 aromatic heterocycles. The van der Waals surface area contributed by atoms with Gasteiger partial charge < -0.3 is 20.1 Å². The predicted molar refractivity (Wildman–Crippen MR) is 113 cm³/mol. The minimum Gasteiger partial charge on any atom is -0.481 e. The van der Waals surface area contributed by atoms with Crippen LogP contribution in [0, 0.1) is 5.92 Å². The van der Waals surface area contributed by atoms with Gasteiger partial charge in [0, 0.05) is 30.9 Å². The van der Waals surface area contributed by atoms with Gasteiger partial charge in [0.25, 0.3) is 0 Å². The Bertz CT molecular complexity index is 612. The number of carboxylic acid groups (broad SMARTS) is 1. The van der Waals surface area contributed by atoms with Gasteiger partial charge >= 0.3 is 12.1 Å². The number of hydrogen-bond acceptors (Lipinski definition) is 5. The molecule has 0 radical (unpaired) electrons. The summed E-state index contributed by atoms with van der Waals surface area (Å²) in [5, 5.41) is 12.4. The Morgan fingerprint density at radius 3 is 2.75 bits per heavy atom. The van der Waals surface area contributed by atoms with Crippen molar-refractivity contribution < 1.29 is 19.4 Å². The molecule has 1 aromatic carbocycles. The lowest BCUT2D eigenvalue weighted by atomic mass is 10.0. The number of aliphatic carboxylic acids is 1. The highest BCUT2D eigenvalue weighted by molar-refractivity contribution is 7.99. The van der Waals surface area contributed by atoms with E-state index in [-0.39, 0.29) is 30.5 Å². The smallest absolute Gasteiger partial charge is 0.410 e. The SMILES string of the molecule is CC(C)C[C@@H](CSCC(=O)O)NC[C@@H]1CCCN1C(=O)OCc1ccccc1. The summed E-state index contributed by atoms with van der Waals surface area (Å²) in [6.07, 6.45) is 2.67. The number of benzene rings is 1. The van der Waals surface area contributed by atoms with Gasteiger partial charge in [0.15, 0.2) is 0 Å². The molecule has 2 N–H and O–H groups in total. The van der Waals surface area contributed by atoms with Gasteiger partial charge in [0.1, 0.15) is 6.61 Å². The molecular formula is C21H32N2O4S. The van der Waals surface area contributed by atoms with Crippen LogP contribution < -0.4 is 5.32 Å². The average molecular weight is 409 g/mol. The van der Waals surface area contributed by atoms with Crippen molar-refractivity contribution in [2.75, 3.05) is 24.6 Å². The van der Waals surface area contributed by atoms with Gasteiger partial charge in [-0.15, -0.1) is 11.8 Å². The molecule has 1 aliphatic rings. The third-order valence-electron chi connectivity index (χ3n) is 4.76. The molecule has 1 fully saturated rings. The molecule has 1 aromatic rings. The zero-order valence-corrected chi connectivity index (χ0v) is 17.6. The van der Waals surface area contributed by atoms with Crippen molar-refractivity contribution in [3.63, 3.8) is 0 Å². The summed E-state index contributed by atoms with van der Waals surface area (Å²) in [6, 6.07) is 10.1. The van der Waals surface area contributed by atoms with Crippen LogP contribution in [0.2, 0.25) is 0 Å². The minimum atomic E-state index is -0.781. The molecule has 1 amide bonds. The normalized spacial score (nSPS) is 17.7. The molecule has 1 saturated heterocycles. The summed E-state index contributed by atoms with van der Waals surface area (Å²) in [7, 11) is 0. The summed E-state index contributed by atoms with van der Waals surface area (Å²) < 4.78 is 5.49. The number of amides is 1. The maximum atomic E-state index is 12.5. The quantitative estimate of drug-likeness (QED) is 0.582. The number of carboxylic acids is 1. The van der Waals surface area contributed by atoms with Crippen LogP contribution >= 0.6 is 11.8 Å². The van der Waals surface area contributed by atoms with E-state index in [1.165, 1.54) is 11.8 Å². The topological polar surface area (TPSA) is 78.9 Å². The van der Waals surface area contributed by atoms with Gasteiger partial charge in [-0.05, 0) is 30.7 Å². The number of rotatable bonds is 11. The molecule has 0 bridgehead atoms. The van der Waals surface area contributed by atoms with Crippen molar-refractivity contribution >= 4 is 23.8 Å². The summed E-state index contributed by atoms with van der Waals surface area (Å²) >= 11 is 1.44. The highest BCUT2D eigenvalue weighted by Crippen LogP contribution is 2.19. The number of carbonyl (C=O) groups excluding carboxylic acids is 1. The maximum absolute atomic E-state index is 12.5. The van der Waals surface area contributed by atoms with Crippen molar-refractivity contribution in [1.29, 1.82) is 0 Å². The number of nitrogens with zero attached hydrogens (tertiary/aromatic N) is 1. The van der Waals surface area contributed by atoms with Gasteiger partial charge in [-0.1, -0.05) is 44.2 Å². The lowest BCUT2D eigenvalue weighted by Gasteiger charge is -2.27. The van der Waals surface area contributed by atoms with Crippen LogP contribution in [-0.2, 0) is 16.1 Å². The van der Waals surface area contributed by atoms with Gasteiger partial charge in [-0.25, -0.2) is 4.79 Å². The fraction of sp³-hybridized carbons (Fsp3) is 0.619. The Labute approximate surface area is 172 Å². The number of hydrogen-bond donors (Lipinski definition) is 2. The van der Waals surface area contributed by atoms with E-state index in [4.69, 9.17) is 9.84 Å². The number of likely N-dealkylation sites (tertiary alicyclic amines) is 1. The van der Waals surface area contributed by atoms with E-state index >= 15 is 0 Å². The van der Waals surface area contributed by atoms with Gasteiger partial charge in [-0.3, -0.25) is 4.79 Å². The molecule has 1 aliphatic heterocycles. The standard InChI is InChI=1S/C21H32N2O4S/c1-16(2)11-18(14-28-15-20(24)25)22-12-19-9-6-10-23(19)21(26)27-13-17-7-4-3-5-8-17/h3-5,7-8,16,18-19,22H,6,9-15H2,1-2H3,(H,24,25)/t18-,19-/m0/s1. The summed E-state index contributed by atoms with van der Waals surface area (Å²) in [5.41, 5.74) is 0.983.